The van der Waals surface area contributed by atoms with E-state index in [1.807, 2.05) is 47.9 Å². The van der Waals surface area contributed by atoms with Gasteiger partial charge in [-0.1, -0.05) is 81.4 Å². The molecule has 5 nitrogen and oxygen atoms in total. The second-order valence-electron chi connectivity index (χ2n) is 14.4. The molecule has 0 saturated carbocycles. The molecule has 0 saturated heterocycles. The first kappa shape index (κ1) is 34.6. The Hall–Kier alpha value is -1.36. The first-order valence-electron chi connectivity index (χ1n) is 13.8. The van der Waals surface area contributed by atoms with Crippen LogP contribution in [0.4, 0.5) is 0 Å². The summed E-state index contributed by atoms with van der Waals surface area (Å²) < 4.78 is 11.8. The SMILES string of the molecule is CC(C)CC(C)(C)C(OC(=O)CCCN(C)C)C(C)(C)CC(C)(C)C=CCOC(=O)C(C)(C)C(C)C. The minimum Gasteiger partial charge on any atom is -0.461 e. The quantitative estimate of drug-likeness (QED) is 0.159. The topological polar surface area (TPSA) is 55.8 Å². The number of hydrogen-bond donors (Lipinski definition) is 0. The highest BCUT2D eigenvalue weighted by Gasteiger charge is 2.45. The minimum atomic E-state index is -0.503. The van der Waals surface area contributed by atoms with Gasteiger partial charge in [0.05, 0.1) is 5.41 Å². The van der Waals surface area contributed by atoms with Gasteiger partial charge in [0.2, 0.25) is 0 Å². The Morgan fingerprint density at radius 1 is 0.889 bits per heavy atom. The number of allylic oxidation sites excluding steroid dienone is 1. The molecule has 0 rings (SSSR count). The highest BCUT2D eigenvalue weighted by Crippen LogP contribution is 2.47. The van der Waals surface area contributed by atoms with Gasteiger partial charge in [0.15, 0.2) is 0 Å². The van der Waals surface area contributed by atoms with Crippen molar-refractivity contribution in [2.75, 3.05) is 27.2 Å². The van der Waals surface area contributed by atoms with Gasteiger partial charge in [-0.2, -0.15) is 0 Å². The lowest BCUT2D eigenvalue weighted by Crippen LogP contribution is -2.47. The molecule has 0 aromatic heterocycles. The molecule has 0 fully saturated rings. The molecular formula is C31H59NO4. The Labute approximate surface area is 223 Å². The van der Waals surface area contributed by atoms with E-state index in [1.54, 1.807) is 0 Å². The summed E-state index contributed by atoms with van der Waals surface area (Å²) in [5.41, 5.74) is -1.07. The molecule has 1 atom stereocenters. The summed E-state index contributed by atoms with van der Waals surface area (Å²) in [7, 11) is 4.04. The first-order valence-corrected chi connectivity index (χ1v) is 13.8. The monoisotopic (exact) mass is 509 g/mol. The second kappa shape index (κ2) is 14.0. The third kappa shape index (κ3) is 12.3. The van der Waals surface area contributed by atoms with Gasteiger partial charge >= 0.3 is 11.9 Å². The van der Waals surface area contributed by atoms with E-state index >= 15 is 0 Å². The molecule has 0 radical (unpaired) electrons. The van der Waals surface area contributed by atoms with Crippen molar-refractivity contribution in [3.05, 3.63) is 12.2 Å². The Kier molecular flexibility index (Phi) is 13.4. The first-order chi connectivity index (χ1) is 16.1. The minimum absolute atomic E-state index is 0.111. The molecule has 5 heteroatoms. The van der Waals surface area contributed by atoms with Crippen molar-refractivity contribution in [3.63, 3.8) is 0 Å². The average Bonchev–Trinajstić information content (AvgIpc) is 2.66. The number of ether oxygens (including phenoxy) is 2. The van der Waals surface area contributed by atoms with E-state index in [2.05, 4.69) is 66.4 Å². The summed E-state index contributed by atoms with van der Waals surface area (Å²) in [6, 6.07) is 0. The van der Waals surface area contributed by atoms with Crippen molar-refractivity contribution in [2.24, 2.45) is 33.5 Å². The fraction of sp³-hybridized carbons (Fsp3) is 0.871. The molecule has 1 unspecified atom stereocenters. The Morgan fingerprint density at radius 3 is 1.92 bits per heavy atom. The normalized spacial score (nSPS) is 14.7. The molecule has 0 N–H and O–H groups in total. The molecule has 0 aromatic carbocycles. The Balaban J connectivity index is 5.51. The maximum atomic E-state index is 12.9. The van der Waals surface area contributed by atoms with Crippen molar-refractivity contribution >= 4 is 11.9 Å². The zero-order chi connectivity index (χ0) is 28.5. The van der Waals surface area contributed by atoms with Gasteiger partial charge in [-0.25, -0.2) is 0 Å². The lowest BCUT2D eigenvalue weighted by Gasteiger charge is -2.47. The molecule has 0 amide bonds. The summed E-state index contributed by atoms with van der Waals surface area (Å²) in [6.07, 6.45) is 6.91. The lowest BCUT2D eigenvalue weighted by atomic mass is 9.63. The van der Waals surface area contributed by atoms with Gasteiger partial charge in [0.25, 0.3) is 0 Å². The molecular weight excluding hydrogens is 450 g/mol. The van der Waals surface area contributed by atoms with Gasteiger partial charge in [-0.15, -0.1) is 0 Å². The number of esters is 2. The second-order valence-corrected chi connectivity index (χ2v) is 14.4. The molecule has 0 heterocycles. The van der Waals surface area contributed by atoms with E-state index in [-0.39, 0.29) is 46.8 Å². The predicted molar refractivity (Wildman–Crippen MR) is 152 cm³/mol. The molecule has 0 aromatic rings. The van der Waals surface area contributed by atoms with Crippen LogP contribution < -0.4 is 0 Å². The van der Waals surface area contributed by atoms with Crippen LogP contribution in [0.1, 0.15) is 109 Å². The summed E-state index contributed by atoms with van der Waals surface area (Å²) in [5, 5.41) is 0. The van der Waals surface area contributed by atoms with Crippen molar-refractivity contribution in [2.45, 2.75) is 115 Å². The molecule has 0 spiro atoms. The highest BCUT2D eigenvalue weighted by molar-refractivity contribution is 5.76. The Bertz CT molecular complexity index is 714. The fourth-order valence-electron chi connectivity index (χ4n) is 5.50. The standard InChI is InChI=1S/C31H59NO4/c1-23(2)21-29(7,8)26(36-25(33)17-15-19-32(13)14)30(9,10)22-28(5,6)18-16-20-35-27(34)31(11,12)24(3)4/h16,18,23-24,26H,15,17,19-22H2,1-14H3. The van der Waals surface area contributed by atoms with Crippen LogP contribution in [0.25, 0.3) is 0 Å². The van der Waals surface area contributed by atoms with E-state index in [0.717, 1.165) is 25.8 Å². The zero-order valence-corrected chi connectivity index (χ0v) is 26.2. The van der Waals surface area contributed by atoms with Crippen LogP contribution in [0.5, 0.6) is 0 Å². The van der Waals surface area contributed by atoms with E-state index in [9.17, 15) is 9.59 Å². The third-order valence-electron chi connectivity index (χ3n) is 7.35. The number of nitrogens with zero attached hydrogens (tertiary/aromatic N) is 1. The number of hydrogen-bond acceptors (Lipinski definition) is 5. The van der Waals surface area contributed by atoms with Crippen LogP contribution in [-0.4, -0.2) is 50.2 Å². The molecule has 0 aliphatic heterocycles. The number of carbonyl (C=O) groups excluding carboxylic acids is 2. The van der Waals surface area contributed by atoms with E-state index in [0.29, 0.717) is 12.3 Å². The third-order valence-corrected chi connectivity index (χ3v) is 7.35. The van der Waals surface area contributed by atoms with Crippen LogP contribution in [0.15, 0.2) is 12.2 Å². The highest BCUT2D eigenvalue weighted by atomic mass is 16.5. The van der Waals surface area contributed by atoms with Gasteiger partial charge in [-0.3, -0.25) is 9.59 Å². The number of rotatable bonds is 16. The van der Waals surface area contributed by atoms with Crippen molar-refractivity contribution < 1.29 is 19.1 Å². The molecule has 212 valence electrons. The summed E-state index contributed by atoms with van der Waals surface area (Å²) in [6.45, 7) is 26.8. The van der Waals surface area contributed by atoms with Crippen LogP contribution in [-0.2, 0) is 19.1 Å². The lowest BCUT2D eigenvalue weighted by molar-refractivity contribution is -0.169. The van der Waals surface area contributed by atoms with E-state index < -0.39 is 5.41 Å². The van der Waals surface area contributed by atoms with Gasteiger partial charge in [0.1, 0.15) is 12.7 Å². The summed E-state index contributed by atoms with van der Waals surface area (Å²) in [4.78, 5) is 27.4. The van der Waals surface area contributed by atoms with Crippen LogP contribution >= 0.6 is 0 Å². The molecule has 0 aliphatic rings. The molecule has 0 aliphatic carbocycles. The molecule has 36 heavy (non-hydrogen) atoms. The number of carbonyl (C=O) groups is 2. The van der Waals surface area contributed by atoms with Crippen molar-refractivity contribution in [1.82, 2.24) is 4.90 Å². The predicted octanol–water partition coefficient (Wildman–Crippen LogP) is 7.54. The molecule has 0 bridgehead atoms. The Morgan fingerprint density at radius 2 is 1.44 bits per heavy atom. The van der Waals surface area contributed by atoms with Crippen LogP contribution in [0, 0.1) is 33.5 Å². The van der Waals surface area contributed by atoms with Crippen LogP contribution in [0.3, 0.4) is 0 Å². The van der Waals surface area contributed by atoms with Crippen LogP contribution in [0.2, 0.25) is 0 Å². The maximum absolute atomic E-state index is 12.9. The van der Waals surface area contributed by atoms with E-state index in [1.165, 1.54) is 0 Å². The van der Waals surface area contributed by atoms with Gasteiger partial charge < -0.3 is 14.4 Å². The van der Waals surface area contributed by atoms with E-state index in [4.69, 9.17) is 9.47 Å². The fourth-order valence-corrected chi connectivity index (χ4v) is 5.50. The summed E-state index contributed by atoms with van der Waals surface area (Å²) in [5.74, 6) is 0.433. The summed E-state index contributed by atoms with van der Waals surface area (Å²) >= 11 is 0. The van der Waals surface area contributed by atoms with Gasteiger partial charge in [-0.05, 0) is 71.0 Å². The zero-order valence-electron chi connectivity index (χ0n) is 26.2. The van der Waals surface area contributed by atoms with Crippen molar-refractivity contribution in [1.29, 1.82) is 0 Å². The smallest absolute Gasteiger partial charge is 0.312 e. The van der Waals surface area contributed by atoms with Gasteiger partial charge in [0, 0.05) is 17.3 Å². The maximum Gasteiger partial charge on any atom is 0.312 e. The van der Waals surface area contributed by atoms with Crippen molar-refractivity contribution in [3.8, 4) is 0 Å². The largest absolute Gasteiger partial charge is 0.461 e. The average molecular weight is 510 g/mol.